The molecule has 0 spiro atoms. The molecule has 5 N–H and O–H groups in total. The maximum atomic E-state index is 11.9. The Morgan fingerprint density at radius 1 is 1.10 bits per heavy atom. The number of aliphatic hydroxyl groups is 2. The number of ether oxygens (including phenoxy) is 1. The molecule has 3 heterocycles. The number of rotatable bonds is 9. The summed E-state index contributed by atoms with van der Waals surface area (Å²) >= 11 is 0. The van der Waals surface area contributed by atoms with Crippen LogP contribution in [0.15, 0.2) is 12.7 Å². The minimum atomic E-state index is -4.17. The third kappa shape index (κ3) is 5.20. The van der Waals surface area contributed by atoms with Crippen LogP contribution in [0, 0.1) is 0 Å². The Bertz CT molecular complexity index is 1100. The number of nitrogen functional groups attached to an aromatic ring is 1. The number of aromatic nitrogens is 4. The Labute approximate surface area is 171 Å². The highest BCUT2D eigenvalue weighted by molar-refractivity contribution is 7.86. The number of imidazole rings is 1. The second-order valence-electron chi connectivity index (χ2n) is 6.67. The Morgan fingerprint density at radius 2 is 1.80 bits per heavy atom. The maximum absolute atomic E-state index is 11.9. The Morgan fingerprint density at radius 3 is 2.50 bits per heavy atom. The van der Waals surface area contributed by atoms with Gasteiger partial charge in [0.05, 0.1) is 24.4 Å². The molecule has 14 nitrogen and oxygen atoms in total. The van der Waals surface area contributed by atoms with Gasteiger partial charge in [-0.3, -0.25) is 13.3 Å². The molecule has 0 amide bonds. The van der Waals surface area contributed by atoms with Crippen LogP contribution in [0.3, 0.4) is 0 Å². The largest absolute Gasteiger partial charge is 0.387 e. The molecule has 168 valence electrons. The van der Waals surface area contributed by atoms with Crippen LogP contribution in [-0.4, -0.2) is 87.5 Å². The van der Waals surface area contributed by atoms with Gasteiger partial charge in [0.15, 0.2) is 17.7 Å². The second-order valence-corrected chi connectivity index (χ2v) is 10.0. The van der Waals surface area contributed by atoms with Crippen molar-refractivity contribution in [1.82, 2.24) is 19.5 Å². The van der Waals surface area contributed by atoms with E-state index in [2.05, 4.69) is 15.0 Å². The van der Waals surface area contributed by atoms with Gasteiger partial charge in [0.25, 0.3) is 20.2 Å². The van der Waals surface area contributed by atoms with E-state index < -0.39 is 62.9 Å². The highest BCUT2D eigenvalue weighted by atomic mass is 32.2. The number of fused-ring (bicyclic) bond motifs is 1. The normalized spacial score (nSPS) is 25.2. The van der Waals surface area contributed by atoms with Gasteiger partial charge < -0.3 is 20.7 Å². The Kier molecular flexibility index (Phi) is 6.56. The average molecular weight is 467 g/mol. The number of nitrogens with two attached hydrogens (primary N) is 1. The number of aliphatic hydroxyl groups excluding tert-OH is 2. The lowest BCUT2D eigenvalue weighted by Gasteiger charge is -2.16. The summed E-state index contributed by atoms with van der Waals surface area (Å²) in [6, 6.07) is 0. The van der Waals surface area contributed by atoms with Crippen molar-refractivity contribution in [2.45, 2.75) is 37.4 Å². The van der Waals surface area contributed by atoms with Crippen molar-refractivity contribution < 1.29 is 40.5 Å². The lowest BCUT2D eigenvalue weighted by molar-refractivity contribution is -0.0467. The monoisotopic (exact) mass is 467 g/mol. The van der Waals surface area contributed by atoms with Crippen molar-refractivity contribution in [1.29, 1.82) is 0 Å². The van der Waals surface area contributed by atoms with E-state index in [0.29, 0.717) is 0 Å². The van der Waals surface area contributed by atoms with Gasteiger partial charge in [0, 0.05) is 0 Å². The van der Waals surface area contributed by atoms with Gasteiger partial charge in [-0.2, -0.15) is 16.8 Å². The van der Waals surface area contributed by atoms with Crippen molar-refractivity contribution in [3.05, 3.63) is 12.7 Å². The SMILES string of the molecule is Nc1ncnc2c1ncn2[C@@H]1O[C@H](COS(=O)(=O)CCCCS(=O)(=O)O)[C@@H](O)[C@H]1O. The molecule has 16 heteroatoms. The van der Waals surface area contributed by atoms with Crippen molar-refractivity contribution in [2.24, 2.45) is 0 Å². The van der Waals surface area contributed by atoms with Crippen LogP contribution in [0.4, 0.5) is 5.82 Å². The van der Waals surface area contributed by atoms with Crippen LogP contribution >= 0.6 is 0 Å². The van der Waals surface area contributed by atoms with E-state index in [4.69, 9.17) is 19.2 Å². The predicted octanol–water partition coefficient (Wildman–Crippen LogP) is -1.96. The van der Waals surface area contributed by atoms with Crippen LogP contribution in [0.1, 0.15) is 19.1 Å². The third-order valence-corrected chi connectivity index (χ3v) is 6.55. The van der Waals surface area contributed by atoms with Crippen LogP contribution < -0.4 is 5.73 Å². The fourth-order valence-electron chi connectivity index (χ4n) is 2.95. The van der Waals surface area contributed by atoms with E-state index in [1.807, 2.05) is 0 Å². The fraction of sp³-hybridized carbons (Fsp3) is 0.643. The number of nitrogens with zero attached hydrogens (tertiary/aromatic N) is 4. The molecule has 3 rings (SSSR count). The molecule has 0 saturated carbocycles. The molecule has 1 saturated heterocycles. The minimum absolute atomic E-state index is 0.0520. The van der Waals surface area contributed by atoms with Crippen molar-refractivity contribution in [3.8, 4) is 0 Å². The van der Waals surface area contributed by atoms with E-state index >= 15 is 0 Å². The van der Waals surface area contributed by atoms with Crippen molar-refractivity contribution in [3.63, 3.8) is 0 Å². The first-order valence-electron chi connectivity index (χ1n) is 8.75. The van der Waals surface area contributed by atoms with E-state index in [1.165, 1.54) is 17.2 Å². The summed E-state index contributed by atoms with van der Waals surface area (Å²) in [5.41, 5.74) is 6.24. The second kappa shape index (κ2) is 8.66. The topological polar surface area (TPSA) is 217 Å². The number of unbranched alkanes of at least 4 members (excludes halogenated alkanes) is 1. The zero-order valence-electron chi connectivity index (χ0n) is 15.5. The summed E-state index contributed by atoms with van der Waals surface area (Å²) in [6.45, 7) is -0.570. The van der Waals surface area contributed by atoms with Crippen molar-refractivity contribution in [2.75, 3.05) is 23.8 Å². The highest BCUT2D eigenvalue weighted by Crippen LogP contribution is 2.32. The first kappa shape index (κ1) is 22.7. The molecule has 2 aromatic rings. The quantitative estimate of drug-likeness (QED) is 0.179. The molecule has 0 bridgehead atoms. The van der Waals surface area contributed by atoms with Crippen LogP contribution in [0.2, 0.25) is 0 Å². The molecule has 1 aliphatic heterocycles. The molecule has 2 aromatic heterocycles. The molecular formula is C14H21N5O9S2. The molecule has 0 unspecified atom stereocenters. The highest BCUT2D eigenvalue weighted by Gasteiger charge is 2.45. The summed E-state index contributed by atoms with van der Waals surface area (Å²) in [4.78, 5) is 11.9. The van der Waals surface area contributed by atoms with E-state index in [0.717, 1.165) is 0 Å². The third-order valence-electron chi connectivity index (χ3n) is 4.46. The lowest BCUT2D eigenvalue weighted by atomic mass is 10.1. The summed E-state index contributed by atoms with van der Waals surface area (Å²) in [6.07, 6.45) is -2.80. The fourth-order valence-corrected chi connectivity index (χ4v) is 4.53. The zero-order chi connectivity index (χ0) is 22.1. The summed E-state index contributed by atoms with van der Waals surface area (Å²) in [7, 11) is -8.21. The van der Waals surface area contributed by atoms with Gasteiger partial charge in [-0.1, -0.05) is 0 Å². The Hall–Kier alpha value is -1.95. The summed E-state index contributed by atoms with van der Waals surface area (Å²) in [5.74, 6) is -0.931. The minimum Gasteiger partial charge on any atom is -0.387 e. The molecule has 0 radical (unpaired) electrons. The van der Waals surface area contributed by atoms with Gasteiger partial charge in [-0.05, 0) is 12.8 Å². The van der Waals surface area contributed by atoms with Gasteiger partial charge in [0.2, 0.25) is 0 Å². The van der Waals surface area contributed by atoms with Gasteiger partial charge in [-0.25, -0.2) is 15.0 Å². The molecule has 0 aliphatic carbocycles. The van der Waals surface area contributed by atoms with Gasteiger partial charge in [-0.15, -0.1) is 0 Å². The van der Waals surface area contributed by atoms with Crippen LogP contribution in [0.5, 0.6) is 0 Å². The first-order valence-corrected chi connectivity index (χ1v) is 11.9. The predicted molar refractivity (Wildman–Crippen MR) is 101 cm³/mol. The van der Waals surface area contributed by atoms with E-state index in [-0.39, 0.29) is 29.8 Å². The van der Waals surface area contributed by atoms with Crippen LogP contribution in [-0.2, 0) is 29.2 Å². The lowest BCUT2D eigenvalue weighted by Crippen LogP contribution is -2.34. The molecular weight excluding hydrogens is 446 g/mol. The summed E-state index contributed by atoms with van der Waals surface area (Å²) in [5, 5.41) is 20.5. The standard InChI is InChI=1S/C14H21N5O9S2/c15-12-9-13(17-6-16-12)19(7-18-9)14-11(21)10(20)8(28-14)5-27-30(25,26)4-2-1-3-29(22,23)24/h6-8,10-11,14,20-21H,1-5H2,(H2,15,16,17)(H,22,23,24)/t8-,10-,11-,14-/m1/s1. The van der Waals surface area contributed by atoms with E-state index in [1.54, 1.807) is 0 Å². The molecule has 1 aliphatic rings. The van der Waals surface area contributed by atoms with Gasteiger partial charge in [0.1, 0.15) is 30.2 Å². The Balaban J connectivity index is 1.61. The average Bonchev–Trinajstić information content (AvgIpc) is 3.20. The zero-order valence-corrected chi connectivity index (χ0v) is 17.1. The smallest absolute Gasteiger partial charge is 0.267 e. The molecule has 30 heavy (non-hydrogen) atoms. The number of hydrogen-bond donors (Lipinski definition) is 4. The van der Waals surface area contributed by atoms with Gasteiger partial charge >= 0.3 is 0 Å². The maximum Gasteiger partial charge on any atom is 0.267 e. The number of anilines is 1. The first-order chi connectivity index (χ1) is 14.0. The molecule has 0 aromatic carbocycles. The van der Waals surface area contributed by atoms with Crippen LogP contribution in [0.25, 0.3) is 11.2 Å². The molecule has 1 fully saturated rings. The number of hydrogen-bond acceptors (Lipinski definition) is 12. The van der Waals surface area contributed by atoms with E-state index in [9.17, 15) is 27.0 Å². The summed E-state index contributed by atoms with van der Waals surface area (Å²) < 4.78 is 65.5. The molecule has 4 atom stereocenters. The van der Waals surface area contributed by atoms with Crippen molar-refractivity contribution >= 4 is 37.2 Å².